The van der Waals surface area contributed by atoms with E-state index in [-0.39, 0.29) is 22.0 Å². The topological polar surface area (TPSA) is 63.6 Å². The highest BCUT2D eigenvalue weighted by molar-refractivity contribution is 8.13. The van der Waals surface area contributed by atoms with E-state index in [1.54, 1.807) is 25.1 Å². The van der Waals surface area contributed by atoms with Gasteiger partial charge in [0.15, 0.2) is 0 Å². The Labute approximate surface area is 139 Å². The summed E-state index contributed by atoms with van der Waals surface area (Å²) < 4.78 is 5.01. The van der Waals surface area contributed by atoms with Crippen LogP contribution in [0.1, 0.15) is 54.4 Å². The molecule has 1 aliphatic rings. The molecule has 6 heteroatoms. The number of carbonyl (C=O) groups excluding carboxylic acids is 1. The van der Waals surface area contributed by atoms with Gasteiger partial charge in [-0.15, -0.1) is 0 Å². The van der Waals surface area contributed by atoms with Gasteiger partial charge in [-0.25, -0.2) is 9.59 Å². The molecule has 0 saturated heterocycles. The lowest BCUT2D eigenvalue weighted by Crippen LogP contribution is -2.24. The molecule has 0 bridgehead atoms. The molecule has 1 aromatic carbocycles. The zero-order valence-electron chi connectivity index (χ0n) is 12.4. The smallest absolute Gasteiger partial charge is 0.367 e. The van der Waals surface area contributed by atoms with Gasteiger partial charge in [0, 0.05) is 10.3 Å². The van der Waals surface area contributed by atoms with Crippen LogP contribution >= 0.6 is 23.4 Å². The van der Waals surface area contributed by atoms with E-state index in [4.69, 9.17) is 16.3 Å². The molecular formula is C16H19ClO4S. The highest BCUT2D eigenvalue weighted by atomic mass is 35.5. The maximum absolute atomic E-state index is 11.8. The quantitative estimate of drug-likeness (QED) is 0.784. The summed E-state index contributed by atoms with van der Waals surface area (Å²) in [6, 6.07) is 4.93. The number of carbonyl (C=O) groups is 2. The second kappa shape index (κ2) is 7.88. The molecule has 4 nitrogen and oxygen atoms in total. The van der Waals surface area contributed by atoms with Gasteiger partial charge >= 0.3 is 11.3 Å². The molecular weight excluding hydrogens is 324 g/mol. The highest BCUT2D eigenvalue weighted by Crippen LogP contribution is 2.44. The summed E-state index contributed by atoms with van der Waals surface area (Å²) in [6.45, 7) is 2.11. The van der Waals surface area contributed by atoms with Crippen LogP contribution < -0.4 is 0 Å². The number of rotatable bonds is 4. The molecule has 0 radical (unpaired) electrons. The Morgan fingerprint density at radius 2 is 2.09 bits per heavy atom. The molecule has 2 unspecified atom stereocenters. The fourth-order valence-corrected chi connectivity index (χ4v) is 4.41. The van der Waals surface area contributed by atoms with E-state index < -0.39 is 5.97 Å². The number of thioether (sulfide) groups is 1. The molecule has 1 aromatic rings. The van der Waals surface area contributed by atoms with Crippen molar-refractivity contribution in [3.8, 4) is 0 Å². The zero-order valence-corrected chi connectivity index (χ0v) is 14.0. The number of hydrogen-bond donors (Lipinski definition) is 1. The van der Waals surface area contributed by atoms with Crippen molar-refractivity contribution >= 4 is 34.6 Å². The minimum atomic E-state index is -0.983. The van der Waals surface area contributed by atoms with Crippen LogP contribution in [0.4, 0.5) is 4.79 Å². The molecule has 1 fully saturated rings. The second-order valence-corrected chi connectivity index (χ2v) is 6.82. The number of benzene rings is 1. The molecule has 1 N–H and O–H groups in total. The zero-order chi connectivity index (χ0) is 16.1. The maximum atomic E-state index is 11.8. The third-order valence-corrected chi connectivity index (χ3v) is 5.37. The number of ether oxygens (including phenoxy) is 1. The van der Waals surface area contributed by atoms with Crippen LogP contribution in [0, 0.1) is 0 Å². The third-order valence-electron chi connectivity index (χ3n) is 3.87. The summed E-state index contributed by atoms with van der Waals surface area (Å²) in [5.74, 6) is -1.02. The van der Waals surface area contributed by atoms with Gasteiger partial charge in [0.2, 0.25) is 0 Å². The SMILES string of the molecule is CCOC(=O)SC1CCCCC1c1c(Cl)cccc1C(=O)O. The first-order chi connectivity index (χ1) is 10.5. The van der Waals surface area contributed by atoms with Crippen molar-refractivity contribution in [3.63, 3.8) is 0 Å². The van der Waals surface area contributed by atoms with Gasteiger partial charge in [-0.1, -0.05) is 30.5 Å². The minimum Gasteiger partial charge on any atom is -0.478 e. The number of aromatic carboxylic acids is 1. The normalized spacial score (nSPS) is 21.4. The molecule has 0 aliphatic heterocycles. The van der Waals surface area contributed by atoms with Crippen molar-refractivity contribution in [2.75, 3.05) is 6.61 Å². The lowest BCUT2D eigenvalue weighted by atomic mass is 9.81. The first-order valence-electron chi connectivity index (χ1n) is 7.39. The van der Waals surface area contributed by atoms with Crippen molar-refractivity contribution < 1.29 is 19.4 Å². The average Bonchev–Trinajstić information content (AvgIpc) is 2.48. The van der Waals surface area contributed by atoms with Gasteiger partial charge in [0.05, 0.1) is 12.2 Å². The van der Waals surface area contributed by atoms with Gasteiger partial charge in [0.1, 0.15) is 0 Å². The molecule has 0 spiro atoms. The molecule has 0 aromatic heterocycles. The second-order valence-electron chi connectivity index (χ2n) is 5.24. The van der Waals surface area contributed by atoms with E-state index >= 15 is 0 Å². The Morgan fingerprint density at radius 1 is 1.36 bits per heavy atom. The Morgan fingerprint density at radius 3 is 2.77 bits per heavy atom. The third kappa shape index (κ3) is 3.96. The monoisotopic (exact) mass is 342 g/mol. The Hall–Kier alpha value is -1.20. The summed E-state index contributed by atoms with van der Waals surface area (Å²) in [6.07, 6.45) is 3.73. The van der Waals surface area contributed by atoms with Gasteiger partial charge in [-0.2, -0.15) is 0 Å². The molecule has 22 heavy (non-hydrogen) atoms. The van der Waals surface area contributed by atoms with Gasteiger partial charge in [-0.05, 0) is 55.1 Å². The van der Waals surface area contributed by atoms with E-state index in [1.807, 2.05) is 0 Å². The van der Waals surface area contributed by atoms with E-state index in [1.165, 1.54) is 0 Å². The number of halogens is 1. The molecule has 0 heterocycles. The van der Waals surface area contributed by atoms with E-state index in [9.17, 15) is 14.7 Å². The largest absolute Gasteiger partial charge is 0.478 e. The van der Waals surface area contributed by atoms with Crippen LogP contribution in [0.25, 0.3) is 0 Å². The Balaban J connectivity index is 2.31. The van der Waals surface area contributed by atoms with Crippen LogP contribution in [0.5, 0.6) is 0 Å². The molecule has 2 rings (SSSR count). The Kier molecular flexibility index (Phi) is 6.15. The molecule has 0 amide bonds. The number of hydrogen-bond acceptors (Lipinski definition) is 4. The van der Waals surface area contributed by atoms with Crippen molar-refractivity contribution in [1.29, 1.82) is 0 Å². The van der Waals surface area contributed by atoms with Crippen LogP contribution in [0.2, 0.25) is 5.02 Å². The summed E-state index contributed by atoms with van der Waals surface area (Å²) in [4.78, 5) is 23.3. The molecule has 1 aliphatic carbocycles. The molecule has 1 saturated carbocycles. The standard InChI is InChI=1S/C16H19ClO4S/c1-2-21-16(20)22-13-9-4-3-6-10(13)14-11(15(18)19)7-5-8-12(14)17/h5,7-8,10,13H,2-4,6,9H2,1H3,(H,18,19). The van der Waals surface area contributed by atoms with Crippen molar-refractivity contribution in [2.45, 2.75) is 43.8 Å². The summed E-state index contributed by atoms with van der Waals surface area (Å²) >= 11 is 7.45. The van der Waals surface area contributed by atoms with Crippen LogP contribution in [0.15, 0.2) is 18.2 Å². The van der Waals surface area contributed by atoms with Crippen molar-refractivity contribution in [2.24, 2.45) is 0 Å². The van der Waals surface area contributed by atoms with Crippen LogP contribution in [0.3, 0.4) is 0 Å². The summed E-state index contributed by atoms with van der Waals surface area (Å²) in [5, 5.41) is 9.58. The summed E-state index contributed by atoms with van der Waals surface area (Å²) in [5.41, 5.74) is 0.882. The van der Waals surface area contributed by atoms with Crippen molar-refractivity contribution in [3.05, 3.63) is 34.3 Å². The lowest BCUT2D eigenvalue weighted by Gasteiger charge is -2.32. The van der Waals surface area contributed by atoms with Crippen LogP contribution in [-0.2, 0) is 4.74 Å². The lowest BCUT2D eigenvalue weighted by molar-refractivity contribution is 0.0695. The van der Waals surface area contributed by atoms with E-state index in [0.717, 1.165) is 37.4 Å². The van der Waals surface area contributed by atoms with E-state index in [0.29, 0.717) is 17.2 Å². The first kappa shape index (κ1) is 17.2. The maximum Gasteiger partial charge on any atom is 0.367 e. The molecule has 120 valence electrons. The highest BCUT2D eigenvalue weighted by Gasteiger charge is 2.33. The fraction of sp³-hybridized carbons (Fsp3) is 0.500. The van der Waals surface area contributed by atoms with Gasteiger partial charge < -0.3 is 9.84 Å². The van der Waals surface area contributed by atoms with Crippen LogP contribution in [-0.4, -0.2) is 28.2 Å². The Bertz CT molecular complexity index is 561. The predicted octanol–water partition coefficient (Wildman–Crippen LogP) is 4.95. The summed E-state index contributed by atoms with van der Waals surface area (Å²) in [7, 11) is 0. The fourth-order valence-electron chi connectivity index (χ4n) is 2.94. The number of carboxylic acid groups (broad SMARTS) is 1. The molecule has 2 atom stereocenters. The van der Waals surface area contributed by atoms with Crippen molar-refractivity contribution in [1.82, 2.24) is 0 Å². The minimum absolute atomic E-state index is 0.00537. The average molecular weight is 343 g/mol. The number of carboxylic acids is 1. The first-order valence-corrected chi connectivity index (χ1v) is 8.65. The van der Waals surface area contributed by atoms with E-state index in [2.05, 4.69) is 0 Å². The predicted molar refractivity (Wildman–Crippen MR) is 88.0 cm³/mol. The van der Waals surface area contributed by atoms with Gasteiger partial charge in [-0.3, -0.25) is 0 Å². The van der Waals surface area contributed by atoms with Gasteiger partial charge in [0.25, 0.3) is 0 Å².